The monoisotopic (exact) mass is 492 g/mol. The van der Waals surface area contributed by atoms with E-state index in [2.05, 4.69) is 58.0 Å². The summed E-state index contributed by atoms with van der Waals surface area (Å²) in [6.07, 6.45) is 0.159. The molecule has 1 saturated heterocycles. The molecule has 2 heterocycles. The highest BCUT2D eigenvalue weighted by Crippen LogP contribution is 2.33. The number of benzene rings is 2. The fourth-order valence-corrected chi connectivity index (χ4v) is 4.59. The van der Waals surface area contributed by atoms with Gasteiger partial charge in [0, 0.05) is 57.9 Å². The van der Waals surface area contributed by atoms with Gasteiger partial charge in [0.15, 0.2) is 0 Å². The Hall–Kier alpha value is -2.71. The summed E-state index contributed by atoms with van der Waals surface area (Å²) in [4.78, 5) is 6.92. The quantitative estimate of drug-likeness (QED) is 0.411. The minimum Gasteiger partial charge on any atom is -0.391 e. The lowest BCUT2D eigenvalue weighted by Gasteiger charge is -2.31. The van der Waals surface area contributed by atoms with Crippen molar-refractivity contribution in [1.29, 1.82) is 0 Å². The van der Waals surface area contributed by atoms with Crippen LogP contribution in [0, 0.1) is 0 Å². The minimum atomic E-state index is -0.469. The van der Waals surface area contributed by atoms with Gasteiger partial charge in [-0.2, -0.15) is 0 Å². The Morgan fingerprint density at radius 1 is 1.00 bits per heavy atom. The van der Waals surface area contributed by atoms with Gasteiger partial charge in [0.1, 0.15) is 5.69 Å². The van der Waals surface area contributed by atoms with Crippen molar-refractivity contribution in [3.05, 3.63) is 71.8 Å². The van der Waals surface area contributed by atoms with Crippen LogP contribution in [-0.4, -0.2) is 85.2 Å². The number of nitrogens with zero attached hydrogens (tertiary/aromatic N) is 4. The minimum absolute atomic E-state index is 0.269. The Kier molecular flexibility index (Phi) is 9.53. The molecular weight excluding hydrogens is 452 g/mol. The molecule has 7 heteroatoms. The zero-order valence-corrected chi connectivity index (χ0v) is 21.8. The van der Waals surface area contributed by atoms with Crippen LogP contribution in [-0.2, 0) is 17.7 Å². The Bertz CT molecular complexity index is 1040. The molecule has 1 aliphatic rings. The number of aliphatic hydroxyl groups is 1. The average molecular weight is 493 g/mol. The SMILES string of the molecule is CC(C)N(C)c1onc(-c2ccccc2)c1CN(CCN1CCOCC1)CC(O)Cc1ccccc1. The first kappa shape index (κ1) is 26.4. The lowest BCUT2D eigenvalue weighted by molar-refractivity contribution is 0.0292. The average Bonchev–Trinajstić information content (AvgIpc) is 3.31. The third-order valence-corrected chi connectivity index (χ3v) is 6.91. The predicted molar refractivity (Wildman–Crippen MR) is 144 cm³/mol. The first-order valence-electron chi connectivity index (χ1n) is 13.0. The predicted octanol–water partition coefficient (Wildman–Crippen LogP) is 3.92. The van der Waals surface area contributed by atoms with Crippen LogP contribution in [0.25, 0.3) is 11.3 Å². The number of hydrogen-bond acceptors (Lipinski definition) is 7. The van der Waals surface area contributed by atoms with Gasteiger partial charge in [0.25, 0.3) is 0 Å². The van der Waals surface area contributed by atoms with E-state index in [0.29, 0.717) is 19.5 Å². The first-order chi connectivity index (χ1) is 17.5. The molecule has 0 spiro atoms. The van der Waals surface area contributed by atoms with Gasteiger partial charge in [-0.1, -0.05) is 65.8 Å². The van der Waals surface area contributed by atoms with Crippen molar-refractivity contribution in [3.8, 4) is 11.3 Å². The van der Waals surface area contributed by atoms with Crippen LogP contribution in [0.3, 0.4) is 0 Å². The molecule has 1 atom stereocenters. The zero-order valence-electron chi connectivity index (χ0n) is 21.8. The molecule has 0 amide bonds. The zero-order chi connectivity index (χ0) is 25.3. The van der Waals surface area contributed by atoms with Gasteiger partial charge in [-0.05, 0) is 25.8 Å². The molecule has 1 aliphatic heterocycles. The third-order valence-electron chi connectivity index (χ3n) is 6.91. The van der Waals surface area contributed by atoms with E-state index in [9.17, 15) is 5.11 Å². The molecule has 2 aromatic carbocycles. The van der Waals surface area contributed by atoms with Crippen LogP contribution in [0.1, 0.15) is 25.0 Å². The van der Waals surface area contributed by atoms with Crippen LogP contribution in [0.2, 0.25) is 0 Å². The highest BCUT2D eigenvalue weighted by molar-refractivity contribution is 5.68. The van der Waals surface area contributed by atoms with Gasteiger partial charge in [-0.3, -0.25) is 9.80 Å². The van der Waals surface area contributed by atoms with E-state index in [1.54, 1.807) is 0 Å². The fraction of sp³-hybridized carbons (Fsp3) is 0.483. The summed E-state index contributed by atoms with van der Waals surface area (Å²) in [6, 6.07) is 20.7. The maximum Gasteiger partial charge on any atom is 0.232 e. The number of aliphatic hydroxyl groups excluding tert-OH is 1. The topological polar surface area (TPSA) is 65.2 Å². The molecule has 4 rings (SSSR count). The van der Waals surface area contributed by atoms with E-state index in [1.807, 2.05) is 43.4 Å². The maximum atomic E-state index is 11.1. The summed E-state index contributed by atoms with van der Waals surface area (Å²) >= 11 is 0. The van der Waals surface area contributed by atoms with Gasteiger partial charge in [-0.25, -0.2) is 0 Å². The molecule has 1 aromatic heterocycles. The van der Waals surface area contributed by atoms with Gasteiger partial charge in [0.05, 0.1) is 24.9 Å². The molecule has 0 radical (unpaired) electrons. The van der Waals surface area contributed by atoms with Crippen molar-refractivity contribution < 1.29 is 14.4 Å². The number of ether oxygens (including phenoxy) is 1. The molecular formula is C29H40N4O3. The number of aromatic nitrogens is 1. The molecule has 3 aromatic rings. The van der Waals surface area contributed by atoms with E-state index < -0.39 is 6.10 Å². The summed E-state index contributed by atoms with van der Waals surface area (Å²) in [6.45, 7) is 10.8. The van der Waals surface area contributed by atoms with Crippen molar-refractivity contribution in [2.45, 2.75) is 39.0 Å². The number of hydrogen-bond donors (Lipinski definition) is 1. The smallest absolute Gasteiger partial charge is 0.232 e. The Morgan fingerprint density at radius 3 is 2.33 bits per heavy atom. The third kappa shape index (κ3) is 7.17. The van der Waals surface area contributed by atoms with E-state index >= 15 is 0 Å². The van der Waals surface area contributed by atoms with Crippen LogP contribution in [0.5, 0.6) is 0 Å². The highest BCUT2D eigenvalue weighted by atomic mass is 16.5. The molecule has 7 nitrogen and oxygen atoms in total. The van der Waals surface area contributed by atoms with Crippen molar-refractivity contribution >= 4 is 5.88 Å². The molecule has 1 fully saturated rings. The van der Waals surface area contributed by atoms with Gasteiger partial charge >= 0.3 is 0 Å². The van der Waals surface area contributed by atoms with E-state index in [4.69, 9.17) is 9.26 Å². The molecule has 1 unspecified atom stereocenters. The largest absolute Gasteiger partial charge is 0.391 e. The molecule has 0 aliphatic carbocycles. The molecule has 194 valence electrons. The summed E-state index contributed by atoms with van der Waals surface area (Å²) in [7, 11) is 2.05. The molecule has 0 bridgehead atoms. The van der Waals surface area contributed by atoms with Gasteiger partial charge in [0.2, 0.25) is 5.88 Å². The Morgan fingerprint density at radius 2 is 1.67 bits per heavy atom. The standard InChI is InChI=1S/C29H40N4O3/c1-23(2)31(3)29-27(28(30-36-29)25-12-8-5-9-13-25)22-33(15-14-32-16-18-35-19-17-32)21-26(34)20-24-10-6-4-7-11-24/h4-13,23,26,34H,14-22H2,1-3H3. The van der Waals surface area contributed by atoms with E-state index in [0.717, 1.165) is 67.7 Å². The van der Waals surface area contributed by atoms with Crippen LogP contribution < -0.4 is 4.90 Å². The maximum absolute atomic E-state index is 11.1. The molecule has 0 saturated carbocycles. The van der Waals surface area contributed by atoms with E-state index in [1.165, 1.54) is 0 Å². The number of rotatable bonds is 12. The van der Waals surface area contributed by atoms with Crippen molar-refractivity contribution in [1.82, 2.24) is 15.0 Å². The van der Waals surface area contributed by atoms with Crippen LogP contribution in [0.15, 0.2) is 65.2 Å². The van der Waals surface area contributed by atoms with Crippen LogP contribution in [0.4, 0.5) is 5.88 Å². The Balaban J connectivity index is 1.57. The van der Waals surface area contributed by atoms with Gasteiger partial charge in [-0.15, -0.1) is 0 Å². The number of morpholine rings is 1. The van der Waals surface area contributed by atoms with Crippen LogP contribution >= 0.6 is 0 Å². The summed E-state index contributed by atoms with van der Waals surface area (Å²) < 4.78 is 11.5. The van der Waals surface area contributed by atoms with Gasteiger partial charge < -0.3 is 19.3 Å². The Labute approximate surface area is 215 Å². The lowest BCUT2D eigenvalue weighted by atomic mass is 10.0. The van der Waals surface area contributed by atoms with Crippen molar-refractivity contribution in [2.75, 3.05) is 57.9 Å². The second kappa shape index (κ2) is 13.0. The highest BCUT2D eigenvalue weighted by Gasteiger charge is 2.25. The van der Waals surface area contributed by atoms with Crippen molar-refractivity contribution in [2.24, 2.45) is 0 Å². The van der Waals surface area contributed by atoms with E-state index in [-0.39, 0.29) is 6.04 Å². The second-order valence-corrected chi connectivity index (χ2v) is 9.92. The fourth-order valence-electron chi connectivity index (χ4n) is 4.59. The summed E-state index contributed by atoms with van der Waals surface area (Å²) in [5.74, 6) is 0.790. The normalized spacial score (nSPS) is 15.5. The van der Waals surface area contributed by atoms with Crippen molar-refractivity contribution in [3.63, 3.8) is 0 Å². The first-order valence-corrected chi connectivity index (χ1v) is 13.0. The summed E-state index contributed by atoms with van der Waals surface area (Å²) in [5.41, 5.74) is 4.12. The second-order valence-electron chi connectivity index (χ2n) is 9.92. The molecule has 1 N–H and O–H groups in total. The summed E-state index contributed by atoms with van der Waals surface area (Å²) in [5, 5.41) is 15.6. The molecule has 36 heavy (non-hydrogen) atoms. The lowest BCUT2D eigenvalue weighted by Crippen LogP contribution is -2.43. The number of anilines is 1.